The molecule has 0 aromatic heterocycles. The summed E-state index contributed by atoms with van der Waals surface area (Å²) in [7, 11) is 0. The van der Waals surface area contributed by atoms with Crippen LogP contribution in [0.2, 0.25) is 0 Å². The Morgan fingerprint density at radius 2 is 0.745 bits per heavy atom. The molecule has 0 amide bonds. The van der Waals surface area contributed by atoms with E-state index in [-0.39, 0.29) is 165 Å². The van der Waals surface area contributed by atoms with Gasteiger partial charge in [-0.1, -0.05) is 219 Å². The third-order valence-corrected chi connectivity index (χ3v) is 25.9. The lowest BCUT2D eigenvalue weighted by atomic mass is 9.64. The molecule has 8 fully saturated rings. The van der Waals surface area contributed by atoms with Crippen molar-refractivity contribution in [2.45, 2.75) is 493 Å². The maximum Gasteiger partial charge on any atom is 0.312 e. The van der Waals surface area contributed by atoms with Crippen molar-refractivity contribution in [3.05, 3.63) is 0 Å². The average molecular weight is 1520 g/mol. The largest absolute Gasteiger partial charge is 0.460 e. The predicted molar refractivity (Wildman–Crippen MR) is 474 cm³/mol. The summed E-state index contributed by atoms with van der Waals surface area (Å²) in [5.41, 5.74) is -2.33. The molecule has 12 atom stereocenters. The van der Waals surface area contributed by atoms with Gasteiger partial charge in [-0.2, -0.15) is 0 Å². The van der Waals surface area contributed by atoms with Gasteiger partial charge in [0.15, 0.2) is 0 Å². The number of carbonyl (C=O) groups is 5. The van der Waals surface area contributed by atoms with Gasteiger partial charge in [-0.05, 0) is 311 Å². The first-order chi connectivity index (χ1) is 43.8. The van der Waals surface area contributed by atoms with Gasteiger partial charge >= 0.3 is 29.8 Å². The Kier molecular flexibility index (Phi) is 61.3. The Labute approximate surface area is 670 Å². The molecule has 0 aromatic rings. The van der Waals surface area contributed by atoms with Crippen molar-refractivity contribution in [2.24, 2.45) is 103 Å². The summed E-state index contributed by atoms with van der Waals surface area (Å²) in [6.07, 6.45) is 24.3. The van der Waals surface area contributed by atoms with Crippen LogP contribution in [0.15, 0.2) is 0 Å². The second kappa shape index (κ2) is 51.2. The molecule has 0 N–H and O–H groups in total. The van der Waals surface area contributed by atoms with Crippen molar-refractivity contribution in [1.82, 2.24) is 0 Å². The van der Waals surface area contributed by atoms with Crippen molar-refractivity contribution in [3.63, 3.8) is 0 Å². The topological polar surface area (TPSA) is 132 Å². The summed E-state index contributed by atoms with van der Waals surface area (Å²) in [6.45, 7) is 76.1. The SMILES string of the molecule is C.C.C.C.C.C.C.C.C.C.CC.CC.CC.CCC(C)(C)C(=O)OC(C)(C)C.CCC(C)(C)C(=O)OC(C)(C)C(C)C.CCC(C)(C)C(=O)OC1(C)CC2CC1C1C3CCC(C3)C21.CCC(C)(C)C(=O)OC1(C)CCC23CC1C(C)(C)C2CCC3C.CCC(C)(C)C(=O)OC1(C)CCCCC1.CCC(C)C. The molecular formula is C96H204O10. The van der Waals surface area contributed by atoms with E-state index in [4.69, 9.17) is 23.7 Å². The first kappa shape index (κ1) is 127. The fraction of sp³-hybridized carbons (Fsp3) is 0.948. The van der Waals surface area contributed by atoms with Crippen molar-refractivity contribution in [1.29, 1.82) is 0 Å². The minimum Gasteiger partial charge on any atom is -0.460 e. The van der Waals surface area contributed by atoms with E-state index < -0.39 is 0 Å². The van der Waals surface area contributed by atoms with E-state index >= 15 is 0 Å². The Morgan fingerprint density at radius 1 is 0.396 bits per heavy atom. The second-order valence-electron chi connectivity index (χ2n) is 37.1. The van der Waals surface area contributed by atoms with Crippen LogP contribution >= 0.6 is 0 Å². The standard InChI is InChI=1S/C21H36O2.C19H30O2.C13H24O2.C12H24O2.C10H20O2.C5H12.3C2H6.10CH4/c1-8-18(3,4)17(22)23-20(7)11-12-21-13-16(20)19(5,6)15(21)10-9-14(21)2;1-5-18(2,3)17(20)21-19(4)10-13-9-14(19)16-12-7-6-11(8-12)15(13)16;1-5-12(2,3)11(14)15-13(4)9-7-6-8-10-13;1-8-11(4,5)10(13)14-12(6,7)9(2)3;1-7-10(5,6)8(11)12-9(2,3)4;1-4-5(2)3;3*1-2;;;;;;;;;;/h14-16H,8-13H2,1-7H3;11-16H,5-10H2,1-4H3;5-10H2,1-4H3;9H,8H2,1-7H3;7H2,1-6H3;5H,4H2,1-3H3;3*1-2H3;10*1H4. The van der Waals surface area contributed by atoms with Crippen LogP contribution in [0.3, 0.4) is 0 Å². The van der Waals surface area contributed by atoms with Crippen LogP contribution in [0.5, 0.6) is 0 Å². The van der Waals surface area contributed by atoms with Crippen molar-refractivity contribution in [2.75, 3.05) is 0 Å². The van der Waals surface area contributed by atoms with E-state index in [1.165, 1.54) is 77.0 Å². The molecule has 0 aromatic carbocycles. The third kappa shape index (κ3) is 32.8. The Morgan fingerprint density at radius 3 is 1.10 bits per heavy atom. The molecule has 0 radical (unpaired) electrons. The van der Waals surface area contributed by atoms with Gasteiger partial charge in [0.25, 0.3) is 0 Å². The number of fused-ring (bicyclic) bond motifs is 10. The average Bonchev–Trinajstić information content (AvgIpc) is 1.54. The fourth-order valence-electron chi connectivity index (χ4n) is 16.1. The van der Waals surface area contributed by atoms with Crippen LogP contribution in [-0.2, 0) is 47.7 Å². The van der Waals surface area contributed by atoms with Crippen LogP contribution in [0.1, 0.15) is 465 Å². The van der Waals surface area contributed by atoms with Gasteiger partial charge in [0.05, 0.1) is 27.1 Å². The van der Waals surface area contributed by atoms with Gasteiger partial charge < -0.3 is 23.7 Å². The lowest BCUT2D eigenvalue weighted by Crippen LogP contribution is -2.49. The minimum atomic E-state index is -0.372. The van der Waals surface area contributed by atoms with Gasteiger partial charge in [-0.3, -0.25) is 24.0 Å². The smallest absolute Gasteiger partial charge is 0.312 e. The Balaban J connectivity index is -0.000000113. The molecule has 1 spiro atoms. The molecule has 0 saturated heterocycles. The normalized spacial score (nSPS) is 26.5. The van der Waals surface area contributed by atoms with Crippen LogP contribution in [0.4, 0.5) is 0 Å². The summed E-state index contributed by atoms with van der Waals surface area (Å²) in [5.74, 6) is 8.49. The van der Waals surface area contributed by atoms with Crippen LogP contribution < -0.4 is 0 Å². The molecule has 8 aliphatic carbocycles. The maximum absolute atomic E-state index is 12.7. The first-order valence-corrected chi connectivity index (χ1v) is 40.0. The van der Waals surface area contributed by atoms with Gasteiger partial charge in [0.2, 0.25) is 0 Å². The Bertz CT molecular complexity index is 2340. The molecule has 106 heavy (non-hydrogen) atoms. The molecule has 8 saturated carbocycles. The van der Waals surface area contributed by atoms with E-state index in [9.17, 15) is 24.0 Å². The highest BCUT2D eigenvalue weighted by Crippen LogP contribution is 2.74. The Hall–Kier alpha value is -2.65. The second-order valence-corrected chi connectivity index (χ2v) is 37.1. The van der Waals surface area contributed by atoms with E-state index in [0.717, 1.165) is 105 Å². The van der Waals surface area contributed by atoms with Crippen LogP contribution in [0, 0.1) is 103 Å². The first-order valence-electron chi connectivity index (χ1n) is 40.0. The van der Waals surface area contributed by atoms with Crippen LogP contribution in [-0.4, -0.2) is 57.9 Å². The zero-order valence-electron chi connectivity index (χ0n) is 70.8. The predicted octanol–water partition coefficient (Wildman–Crippen LogP) is 31.4. The molecule has 6 bridgehead atoms. The molecule has 8 aliphatic rings. The lowest BCUT2D eigenvalue weighted by molar-refractivity contribution is -0.184. The summed E-state index contributed by atoms with van der Waals surface area (Å²) >= 11 is 0. The molecule has 0 heterocycles. The van der Waals surface area contributed by atoms with Gasteiger partial charge in [-0.15, -0.1) is 0 Å². The maximum atomic E-state index is 12.7. The van der Waals surface area contributed by atoms with E-state index in [1.54, 1.807) is 0 Å². The van der Waals surface area contributed by atoms with Gasteiger partial charge in [-0.25, -0.2) is 0 Å². The highest BCUT2D eigenvalue weighted by Gasteiger charge is 2.70. The minimum absolute atomic E-state index is 0. The monoisotopic (exact) mass is 1520 g/mol. The number of hydrogen-bond donors (Lipinski definition) is 0. The van der Waals surface area contributed by atoms with E-state index in [1.807, 2.05) is 166 Å². The molecular weight excluding hydrogens is 1310 g/mol. The summed E-state index contributed by atoms with van der Waals surface area (Å²) in [5, 5.41) is 0. The molecule has 10 heteroatoms. The molecule has 8 rings (SSSR count). The van der Waals surface area contributed by atoms with Crippen molar-refractivity contribution >= 4 is 29.8 Å². The summed E-state index contributed by atoms with van der Waals surface area (Å²) in [6, 6.07) is 0. The van der Waals surface area contributed by atoms with Crippen molar-refractivity contribution in [3.8, 4) is 0 Å². The molecule has 10 nitrogen and oxygen atoms in total. The molecule has 0 aliphatic heterocycles. The van der Waals surface area contributed by atoms with E-state index in [0.29, 0.717) is 23.2 Å². The van der Waals surface area contributed by atoms with Gasteiger partial charge in [0, 0.05) is 11.8 Å². The number of hydrogen-bond acceptors (Lipinski definition) is 10. The number of esters is 5. The van der Waals surface area contributed by atoms with Gasteiger partial charge in [0.1, 0.15) is 28.0 Å². The number of carbonyl (C=O) groups excluding carboxylic acids is 5. The molecule has 648 valence electrons. The zero-order chi connectivity index (χ0) is 75.6. The zero-order valence-corrected chi connectivity index (χ0v) is 70.8. The highest BCUT2D eigenvalue weighted by molar-refractivity contribution is 5.78. The van der Waals surface area contributed by atoms with Crippen LogP contribution in [0.25, 0.3) is 0 Å². The molecule has 12 unspecified atom stereocenters. The summed E-state index contributed by atoms with van der Waals surface area (Å²) < 4.78 is 28.9. The number of rotatable bonds is 16. The number of ether oxygens (including phenoxy) is 5. The summed E-state index contributed by atoms with van der Waals surface area (Å²) in [4.78, 5) is 60.5. The fourth-order valence-corrected chi connectivity index (χ4v) is 16.1. The third-order valence-electron chi connectivity index (χ3n) is 25.9. The highest BCUT2D eigenvalue weighted by atomic mass is 16.6. The van der Waals surface area contributed by atoms with E-state index in [2.05, 4.69) is 90.0 Å². The quantitative estimate of drug-likeness (QED) is 0.0836. The lowest BCUT2D eigenvalue weighted by Gasteiger charge is -2.47. The van der Waals surface area contributed by atoms with Crippen molar-refractivity contribution < 1.29 is 47.7 Å².